The van der Waals surface area contributed by atoms with Crippen LogP contribution in [0.15, 0.2) is 6.33 Å². The molecule has 1 rings (SSSR count). The molecule has 13 heavy (non-hydrogen) atoms. The van der Waals surface area contributed by atoms with Crippen LogP contribution >= 0.6 is 11.6 Å². The quantitative estimate of drug-likeness (QED) is 0.813. The number of aryl methyl sites for hydroxylation is 1. The summed E-state index contributed by atoms with van der Waals surface area (Å²) in [5.74, 6) is -1.03. The van der Waals surface area contributed by atoms with Crippen molar-refractivity contribution in [3.8, 4) is 0 Å². The van der Waals surface area contributed by atoms with E-state index >= 15 is 0 Å². The molecular formula is C8H11ClN2O2. The molecule has 0 aromatic carbocycles. The minimum absolute atomic E-state index is 0.0589. The van der Waals surface area contributed by atoms with Gasteiger partial charge in [0, 0.05) is 6.54 Å². The maximum absolute atomic E-state index is 10.7. The van der Waals surface area contributed by atoms with Gasteiger partial charge in [-0.15, -0.1) is 0 Å². The molecule has 4 nitrogen and oxygen atoms in total. The maximum atomic E-state index is 10.7. The molecule has 0 saturated carbocycles. The van der Waals surface area contributed by atoms with E-state index in [-0.39, 0.29) is 10.8 Å². The normalized spacial score (nSPS) is 10.3. The van der Waals surface area contributed by atoms with E-state index in [1.165, 1.54) is 6.33 Å². The topological polar surface area (TPSA) is 55.1 Å². The van der Waals surface area contributed by atoms with Crippen molar-refractivity contribution >= 4 is 17.6 Å². The molecule has 1 heterocycles. The Balaban J connectivity index is 2.87. The first-order chi connectivity index (χ1) is 6.16. The van der Waals surface area contributed by atoms with Gasteiger partial charge in [-0.3, -0.25) is 0 Å². The van der Waals surface area contributed by atoms with Gasteiger partial charge in [-0.05, 0) is 6.42 Å². The molecule has 0 atom stereocenters. The summed E-state index contributed by atoms with van der Waals surface area (Å²) in [7, 11) is 0. The van der Waals surface area contributed by atoms with Gasteiger partial charge >= 0.3 is 5.97 Å². The van der Waals surface area contributed by atoms with Gasteiger partial charge in [-0.2, -0.15) is 0 Å². The average Bonchev–Trinajstić information content (AvgIpc) is 2.43. The molecule has 0 bridgehead atoms. The molecule has 0 aliphatic carbocycles. The fourth-order valence-corrected chi connectivity index (χ4v) is 1.30. The molecule has 1 N–H and O–H groups in total. The molecule has 0 aliphatic rings. The number of aromatic carboxylic acids is 1. The Morgan fingerprint density at radius 2 is 2.46 bits per heavy atom. The summed E-state index contributed by atoms with van der Waals surface area (Å²) >= 11 is 5.61. The van der Waals surface area contributed by atoms with Crippen molar-refractivity contribution in [2.24, 2.45) is 0 Å². The van der Waals surface area contributed by atoms with E-state index in [1.54, 1.807) is 4.57 Å². The third-order valence-electron chi connectivity index (χ3n) is 1.75. The van der Waals surface area contributed by atoms with Gasteiger partial charge in [0.05, 0.1) is 6.33 Å². The average molecular weight is 203 g/mol. The Labute approximate surface area is 81.2 Å². The van der Waals surface area contributed by atoms with Crippen LogP contribution in [-0.4, -0.2) is 20.6 Å². The fraction of sp³-hybridized carbons (Fsp3) is 0.500. The fourth-order valence-electron chi connectivity index (χ4n) is 1.07. The molecule has 0 radical (unpaired) electrons. The largest absolute Gasteiger partial charge is 0.476 e. The molecule has 72 valence electrons. The monoisotopic (exact) mass is 202 g/mol. The highest BCUT2D eigenvalue weighted by Crippen LogP contribution is 2.14. The third kappa shape index (κ3) is 2.21. The molecule has 1 aromatic heterocycles. The highest BCUT2D eigenvalue weighted by atomic mass is 35.5. The molecule has 5 heteroatoms. The molecule has 0 saturated heterocycles. The minimum atomic E-state index is -1.03. The second-order valence-corrected chi connectivity index (χ2v) is 3.09. The van der Waals surface area contributed by atoms with E-state index in [1.807, 2.05) is 6.92 Å². The lowest BCUT2D eigenvalue weighted by molar-refractivity contribution is 0.0685. The number of rotatable bonds is 4. The predicted molar refractivity (Wildman–Crippen MR) is 49.1 cm³/mol. The van der Waals surface area contributed by atoms with Crippen molar-refractivity contribution in [2.45, 2.75) is 26.3 Å². The lowest BCUT2D eigenvalue weighted by Crippen LogP contribution is -2.08. The van der Waals surface area contributed by atoms with Crippen LogP contribution in [0.1, 0.15) is 30.3 Å². The van der Waals surface area contributed by atoms with Crippen molar-refractivity contribution in [3.63, 3.8) is 0 Å². The maximum Gasteiger partial charge on any atom is 0.355 e. The molecule has 0 amide bonds. The van der Waals surface area contributed by atoms with Gasteiger partial charge in [0.2, 0.25) is 0 Å². The lowest BCUT2D eigenvalue weighted by atomic mass is 10.3. The van der Waals surface area contributed by atoms with Crippen molar-refractivity contribution in [3.05, 3.63) is 17.2 Å². The number of aromatic nitrogens is 2. The number of hydrogen-bond donors (Lipinski definition) is 1. The molecular weight excluding hydrogens is 192 g/mol. The van der Waals surface area contributed by atoms with E-state index in [2.05, 4.69) is 4.98 Å². The van der Waals surface area contributed by atoms with E-state index in [9.17, 15) is 4.79 Å². The first kappa shape index (κ1) is 10.1. The van der Waals surface area contributed by atoms with Crippen molar-refractivity contribution < 1.29 is 9.90 Å². The number of halogens is 1. The molecule has 0 spiro atoms. The first-order valence-electron chi connectivity index (χ1n) is 4.10. The van der Waals surface area contributed by atoms with Gasteiger partial charge in [-0.25, -0.2) is 9.78 Å². The first-order valence-corrected chi connectivity index (χ1v) is 4.48. The van der Waals surface area contributed by atoms with Gasteiger partial charge in [0.15, 0.2) is 10.8 Å². The van der Waals surface area contributed by atoms with Crippen LogP contribution in [0, 0.1) is 0 Å². The van der Waals surface area contributed by atoms with E-state index < -0.39 is 5.97 Å². The van der Waals surface area contributed by atoms with Crippen LogP contribution in [0.4, 0.5) is 0 Å². The Bertz CT molecular complexity index is 309. The van der Waals surface area contributed by atoms with Crippen molar-refractivity contribution in [2.75, 3.05) is 0 Å². The van der Waals surface area contributed by atoms with Crippen LogP contribution in [0.3, 0.4) is 0 Å². The summed E-state index contributed by atoms with van der Waals surface area (Å²) in [5, 5.41) is 8.85. The second-order valence-electron chi connectivity index (χ2n) is 2.74. The summed E-state index contributed by atoms with van der Waals surface area (Å²) in [5.41, 5.74) is 0.0788. The predicted octanol–water partition coefficient (Wildman–Crippen LogP) is 2.03. The van der Waals surface area contributed by atoms with Crippen molar-refractivity contribution in [1.82, 2.24) is 9.55 Å². The number of imidazole rings is 1. The number of hydrogen-bond acceptors (Lipinski definition) is 2. The van der Waals surface area contributed by atoms with E-state index in [0.717, 1.165) is 12.8 Å². The van der Waals surface area contributed by atoms with Crippen LogP contribution in [0.2, 0.25) is 5.15 Å². The Morgan fingerprint density at radius 1 is 1.77 bits per heavy atom. The number of carbonyl (C=O) groups is 1. The van der Waals surface area contributed by atoms with Crippen LogP contribution in [-0.2, 0) is 6.54 Å². The van der Waals surface area contributed by atoms with Crippen LogP contribution < -0.4 is 0 Å². The number of unbranched alkanes of at least 4 members (excludes halogenated alkanes) is 1. The molecule has 0 fully saturated rings. The number of carboxylic acid groups (broad SMARTS) is 1. The Hall–Kier alpha value is -1.03. The molecule has 0 unspecified atom stereocenters. The third-order valence-corrected chi connectivity index (χ3v) is 2.02. The number of carboxylic acids is 1. The zero-order chi connectivity index (χ0) is 9.84. The summed E-state index contributed by atoms with van der Waals surface area (Å²) in [6, 6.07) is 0. The van der Waals surface area contributed by atoms with Gasteiger partial charge in [0.1, 0.15) is 0 Å². The van der Waals surface area contributed by atoms with E-state index in [0.29, 0.717) is 6.54 Å². The Morgan fingerprint density at radius 3 is 3.00 bits per heavy atom. The molecule has 1 aromatic rings. The standard InChI is InChI=1S/C8H11ClN2O2/c1-2-3-4-11-5-10-7(9)6(11)8(12)13/h5H,2-4H2,1H3,(H,12,13). The summed E-state index contributed by atoms with van der Waals surface area (Å²) in [4.78, 5) is 14.5. The minimum Gasteiger partial charge on any atom is -0.476 e. The second kappa shape index (κ2) is 4.28. The molecule has 0 aliphatic heterocycles. The smallest absolute Gasteiger partial charge is 0.355 e. The summed E-state index contributed by atoms with van der Waals surface area (Å²) in [6.07, 6.45) is 3.39. The summed E-state index contributed by atoms with van der Waals surface area (Å²) < 4.78 is 1.56. The van der Waals surface area contributed by atoms with Gasteiger partial charge in [0.25, 0.3) is 0 Å². The van der Waals surface area contributed by atoms with Crippen molar-refractivity contribution in [1.29, 1.82) is 0 Å². The highest BCUT2D eigenvalue weighted by molar-refractivity contribution is 6.32. The zero-order valence-electron chi connectivity index (χ0n) is 7.33. The Kier molecular flexibility index (Phi) is 3.31. The van der Waals surface area contributed by atoms with Crippen LogP contribution in [0.25, 0.3) is 0 Å². The lowest BCUT2D eigenvalue weighted by Gasteiger charge is -2.02. The van der Waals surface area contributed by atoms with E-state index in [4.69, 9.17) is 16.7 Å². The van der Waals surface area contributed by atoms with Gasteiger partial charge in [-0.1, -0.05) is 24.9 Å². The van der Waals surface area contributed by atoms with Gasteiger partial charge < -0.3 is 9.67 Å². The van der Waals surface area contributed by atoms with Crippen LogP contribution in [0.5, 0.6) is 0 Å². The SMILES string of the molecule is CCCCn1cnc(Cl)c1C(=O)O. The number of nitrogens with zero attached hydrogens (tertiary/aromatic N) is 2. The highest BCUT2D eigenvalue weighted by Gasteiger charge is 2.15. The zero-order valence-corrected chi connectivity index (χ0v) is 8.08. The summed E-state index contributed by atoms with van der Waals surface area (Å²) in [6.45, 7) is 2.69.